The van der Waals surface area contributed by atoms with Crippen LogP contribution in [0.4, 0.5) is 0 Å². The molecule has 0 aliphatic heterocycles. The summed E-state index contributed by atoms with van der Waals surface area (Å²) in [4.78, 5) is 11.7. The normalized spacial score (nSPS) is 10.3. The zero-order valence-corrected chi connectivity index (χ0v) is 8.82. The third kappa shape index (κ3) is 1.63. The zero-order valence-electron chi connectivity index (χ0n) is 8.82. The lowest BCUT2D eigenvalue weighted by molar-refractivity contribution is 0.0969. The number of hydrogen-bond donors (Lipinski definition) is 3. The predicted octanol–water partition coefficient (Wildman–Crippen LogP) is 0.802. The van der Waals surface area contributed by atoms with Gasteiger partial charge in [-0.05, 0) is 12.1 Å². The van der Waals surface area contributed by atoms with Gasteiger partial charge in [0, 0.05) is 18.0 Å². The van der Waals surface area contributed by atoms with E-state index in [1.54, 1.807) is 17.7 Å². The molecule has 0 spiro atoms. The number of benzene rings is 1. The van der Waals surface area contributed by atoms with Crippen LogP contribution in [0.5, 0.6) is 0 Å². The molecule has 16 heavy (non-hydrogen) atoms. The van der Waals surface area contributed by atoms with Gasteiger partial charge < -0.3 is 10.3 Å². The van der Waals surface area contributed by atoms with Gasteiger partial charge >= 0.3 is 0 Å². The molecule has 0 fully saturated rings. The first-order valence-electron chi connectivity index (χ1n) is 4.79. The van der Waals surface area contributed by atoms with Crippen molar-refractivity contribution in [2.24, 2.45) is 12.8 Å². The van der Waals surface area contributed by atoms with E-state index in [1.807, 2.05) is 24.3 Å². The number of carbonyl (C=O) groups excluding carboxylic acids is 1. The molecule has 0 bridgehead atoms. The van der Waals surface area contributed by atoms with Gasteiger partial charge in [-0.3, -0.25) is 15.5 Å². The van der Waals surface area contributed by atoms with E-state index in [1.165, 1.54) is 0 Å². The van der Waals surface area contributed by atoms with E-state index in [9.17, 15) is 4.79 Å². The third-order valence-corrected chi connectivity index (χ3v) is 2.43. The first-order valence-corrected chi connectivity index (χ1v) is 4.79. The number of amides is 1. The number of fused-ring (bicyclic) bond motifs is 1. The van der Waals surface area contributed by atoms with E-state index in [0.29, 0.717) is 5.69 Å². The van der Waals surface area contributed by atoms with E-state index < -0.39 is 0 Å². The Bertz CT molecular complexity index is 570. The molecule has 0 saturated carbocycles. The Balaban J connectivity index is 2.49. The van der Waals surface area contributed by atoms with Crippen LogP contribution in [0.15, 0.2) is 30.3 Å². The molecule has 0 aliphatic carbocycles. The summed E-state index contributed by atoms with van der Waals surface area (Å²) in [5, 5.41) is 10.3. The van der Waals surface area contributed by atoms with Gasteiger partial charge in [0.25, 0.3) is 5.91 Å². The molecule has 0 aliphatic rings. The highest BCUT2D eigenvalue weighted by Crippen LogP contribution is 2.17. The molecule has 82 valence electrons. The third-order valence-electron chi connectivity index (χ3n) is 2.43. The van der Waals surface area contributed by atoms with Crippen LogP contribution in [0, 0.1) is 5.41 Å². The Morgan fingerprint density at radius 2 is 2.12 bits per heavy atom. The monoisotopic (exact) mass is 216 g/mol. The SMILES string of the molecule is Cn1c(C(=O)NC(=N)N)cc2ccccc21. The second-order valence-electron chi connectivity index (χ2n) is 3.52. The molecular weight excluding hydrogens is 204 g/mol. The van der Waals surface area contributed by atoms with Crippen molar-refractivity contribution in [3.63, 3.8) is 0 Å². The summed E-state index contributed by atoms with van der Waals surface area (Å²) < 4.78 is 1.77. The summed E-state index contributed by atoms with van der Waals surface area (Å²) in [5.74, 6) is -0.721. The maximum Gasteiger partial charge on any atom is 0.274 e. The highest BCUT2D eigenvalue weighted by atomic mass is 16.2. The fourth-order valence-corrected chi connectivity index (χ4v) is 1.69. The van der Waals surface area contributed by atoms with Crippen LogP contribution in [0.1, 0.15) is 10.5 Å². The van der Waals surface area contributed by atoms with Crippen LogP contribution in [-0.4, -0.2) is 16.4 Å². The molecule has 0 unspecified atom stereocenters. The fraction of sp³-hybridized carbons (Fsp3) is 0.0909. The van der Waals surface area contributed by atoms with Crippen molar-refractivity contribution in [3.8, 4) is 0 Å². The summed E-state index contributed by atoms with van der Waals surface area (Å²) in [5.41, 5.74) is 6.57. The highest BCUT2D eigenvalue weighted by Gasteiger charge is 2.12. The van der Waals surface area contributed by atoms with Gasteiger partial charge in [-0.1, -0.05) is 18.2 Å². The van der Waals surface area contributed by atoms with Crippen molar-refractivity contribution in [3.05, 3.63) is 36.0 Å². The van der Waals surface area contributed by atoms with Crippen LogP contribution in [0.25, 0.3) is 10.9 Å². The van der Waals surface area contributed by atoms with Gasteiger partial charge in [-0.15, -0.1) is 0 Å². The maximum atomic E-state index is 11.7. The summed E-state index contributed by atoms with van der Waals surface area (Å²) in [6.07, 6.45) is 0. The number of aromatic nitrogens is 1. The van der Waals surface area contributed by atoms with Gasteiger partial charge in [0.1, 0.15) is 5.69 Å². The molecular formula is C11H12N4O. The molecule has 0 atom stereocenters. The van der Waals surface area contributed by atoms with Crippen molar-refractivity contribution in [1.82, 2.24) is 9.88 Å². The van der Waals surface area contributed by atoms with Crippen molar-refractivity contribution in [2.45, 2.75) is 0 Å². The fourth-order valence-electron chi connectivity index (χ4n) is 1.69. The summed E-state index contributed by atoms with van der Waals surface area (Å²) in [6.45, 7) is 0. The Morgan fingerprint density at radius 1 is 1.44 bits per heavy atom. The lowest BCUT2D eigenvalue weighted by atomic mass is 10.2. The number of nitrogens with two attached hydrogens (primary N) is 1. The van der Waals surface area contributed by atoms with E-state index in [4.69, 9.17) is 11.1 Å². The summed E-state index contributed by atoms with van der Waals surface area (Å²) in [6, 6.07) is 9.46. The van der Waals surface area contributed by atoms with Gasteiger partial charge in [-0.2, -0.15) is 0 Å². The Kier molecular flexibility index (Phi) is 2.36. The van der Waals surface area contributed by atoms with Crippen molar-refractivity contribution >= 4 is 22.8 Å². The number of carbonyl (C=O) groups is 1. The van der Waals surface area contributed by atoms with Crippen LogP contribution < -0.4 is 11.1 Å². The first-order chi connectivity index (χ1) is 7.59. The molecule has 0 radical (unpaired) electrons. The second kappa shape index (κ2) is 3.69. The zero-order chi connectivity index (χ0) is 11.7. The minimum absolute atomic E-state index is 0.352. The predicted molar refractivity (Wildman–Crippen MR) is 62.3 cm³/mol. The summed E-state index contributed by atoms with van der Waals surface area (Å²) in [7, 11) is 1.80. The van der Waals surface area contributed by atoms with Crippen LogP contribution in [-0.2, 0) is 7.05 Å². The molecule has 5 nitrogen and oxygen atoms in total. The number of aryl methyl sites for hydroxylation is 1. The molecule has 5 heteroatoms. The molecule has 2 aromatic rings. The second-order valence-corrected chi connectivity index (χ2v) is 3.52. The highest BCUT2D eigenvalue weighted by molar-refractivity contribution is 6.06. The smallest absolute Gasteiger partial charge is 0.274 e. The number of para-hydroxylation sites is 1. The number of nitrogens with zero attached hydrogens (tertiary/aromatic N) is 1. The average Bonchev–Trinajstić information content (AvgIpc) is 2.56. The van der Waals surface area contributed by atoms with E-state index in [-0.39, 0.29) is 11.9 Å². The largest absolute Gasteiger partial charge is 0.370 e. The molecule has 1 amide bonds. The number of rotatable bonds is 1. The molecule has 1 heterocycles. The minimum Gasteiger partial charge on any atom is -0.370 e. The maximum absolute atomic E-state index is 11.7. The van der Waals surface area contributed by atoms with E-state index in [2.05, 4.69) is 5.32 Å². The number of nitrogens with one attached hydrogen (secondary N) is 2. The number of hydrogen-bond acceptors (Lipinski definition) is 2. The van der Waals surface area contributed by atoms with E-state index in [0.717, 1.165) is 10.9 Å². The molecule has 1 aromatic carbocycles. The van der Waals surface area contributed by atoms with Gasteiger partial charge in [0.2, 0.25) is 0 Å². The van der Waals surface area contributed by atoms with Gasteiger partial charge in [0.15, 0.2) is 5.96 Å². The standard InChI is InChI=1S/C11H12N4O/c1-15-8-5-3-2-4-7(8)6-9(15)10(16)14-11(12)13/h2-6H,1H3,(H4,12,13,14,16). The number of guanidine groups is 1. The van der Waals surface area contributed by atoms with E-state index >= 15 is 0 Å². The summed E-state index contributed by atoms with van der Waals surface area (Å²) >= 11 is 0. The van der Waals surface area contributed by atoms with Gasteiger partial charge in [0.05, 0.1) is 0 Å². The van der Waals surface area contributed by atoms with Crippen LogP contribution in [0.2, 0.25) is 0 Å². The first kappa shape index (κ1) is 10.2. The molecule has 4 N–H and O–H groups in total. The van der Waals surface area contributed by atoms with Crippen molar-refractivity contribution in [1.29, 1.82) is 5.41 Å². The lowest BCUT2D eigenvalue weighted by Gasteiger charge is -2.04. The quantitative estimate of drug-likeness (QED) is 0.486. The Labute approximate surface area is 92.4 Å². The van der Waals surface area contributed by atoms with Crippen LogP contribution in [0.3, 0.4) is 0 Å². The van der Waals surface area contributed by atoms with Crippen molar-refractivity contribution < 1.29 is 4.79 Å². The van der Waals surface area contributed by atoms with Crippen molar-refractivity contribution in [2.75, 3.05) is 0 Å². The Morgan fingerprint density at radius 3 is 2.75 bits per heavy atom. The van der Waals surface area contributed by atoms with Crippen LogP contribution >= 0.6 is 0 Å². The average molecular weight is 216 g/mol. The van der Waals surface area contributed by atoms with Gasteiger partial charge in [-0.25, -0.2) is 0 Å². The topological polar surface area (TPSA) is 83.9 Å². The lowest BCUT2D eigenvalue weighted by Crippen LogP contribution is -2.36. The molecule has 0 saturated heterocycles. The minimum atomic E-state index is -0.369. The Hall–Kier alpha value is -2.30. The molecule has 1 aromatic heterocycles. The molecule has 2 rings (SSSR count).